The van der Waals surface area contributed by atoms with Crippen LogP contribution in [-0.2, 0) is 9.59 Å². The predicted octanol–water partition coefficient (Wildman–Crippen LogP) is 4.09. The van der Waals surface area contributed by atoms with Crippen molar-refractivity contribution < 1.29 is 9.59 Å². The zero-order valence-electron chi connectivity index (χ0n) is 15.0. The van der Waals surface area contributed by atoms with Gasteiger partial charge in [-0.2, -0.15) is 0 Å². The highest BCUT2D eigenvalue weighted by Crippen LogP contribution is 2.17. The maximum absolute atomic E-state index is 12.1. The van der Waals surface area contributed by atoms with Crippen LogP contribution in [0.25, 0.3) is 0 Å². The molecule has 0 fully saturated rings. The van der Waals surface area contributed by atoms with Crippen LogP contribution in [0, 0.1) is 13.8 Å². The van der Waals surface area contributed by atoms with Gasteiger partial charge in [0.25, 0.3) is 0 Å². The maximum atomic E-state index is 12.1. The van der Waals surface area contributed by atoms with E-state index in [1.807, 2.05) is 63.2 Å². The Morgan fingerprint density at radius 3 is 2.24 bits per heavy atom. The fourth-order valence-corrected chi connectivity index (χ4v) is 2.37. The number of rotatable bonds is 7. The van der Waals surface area contributed by atoms with Crippen molar-refractivity contribution in [2.75, 3.05) is 22.5 Å². The first-order chi connectivity index (χ1) is 12.0. The van der Waals surface area contributed by atoms with Crippen molar-refractivity contribution in [3.05, 3.63) is 53.6 Å². The zero-order chi connectivity index (χ0) is 18.2. The molecule has 0 heterocycles. The predicted molar refractivity (Wildman–Crippen MR) is 103 cm³/mol. The van der Waals surface area contributed by atoms with Gasteiger partial charge in [0.2, 0.25) is 11.8 Å². The number of amides is 2. The van der Waals surface area contributed by atoms with E-state index in [1.165, 1.54) is 0 Å². The summed E-state index contributed by atoms with van der Waals surface area (Å²) in [6.45, 7) is 6.10. The van der Waals surface area contributed by atoms with E-state index in [9.17, 15) is 9.59 Å². The Bertz CT molecular complexity index is 739. The minimum Gasteiger partial charge on any atom is -0.376 e. The summed E-state index contributed by atoms with van der Waals surface area (Å²) in [5.41, 5.74) is 4.55. The summed E-state index contributed by atoms with van der Waals surface area (Å²) in [6.07, 6.45) is 1.33. The average molecular weight is 339 g/mol. The molecule has 5 heteroatoms. The number of anilines is 3. The maximum Gasteiger partial charge on any atom is 0.243 e. The smallest absolute Gasteiger partial charge is 0.243 e. The molecule has 0 radical (unpaired) electrons. The van der Waals surface area contributed by atoms with E-state index in [2.05, 4.69) is 16.0 Å². The Labute approximate surface area is 148 Å². The molecule has 0 aromatic heterocycles. The Morgan fingerprint density at radius 2 is 1.56 bits per heavy atom. The van der Waals surface area contributed by atoms with Crippen molar-refractivity contribution in [2.24, 2.45) is 0 Å². The molecule has 0 aliphatic rings. The monoisotopic (exact) mass is 339 g/mol. The molecule has 0 bridgehead atoms. The molecule has 2 aromatic carbocycles. The van der Waals surface area contributed by atoms with Gasteiger partial charge in [0.1, 0.15) is 0 Å². The van der Waals surface area contributed by atoms with Crippen molar-refractivity contribution >= 4 is 28.9 Å². The van der Waals surface area contributed by atoms with Crippen LogP contribution in [0.2, 0.25) is 0 Å². The largest absolute Gasteiger partial charge is 0.376 e. The SMILES string of the molecule is CCCC(=O)Nc1ccc(NCC(=O)Nc2cc(C)ccc2C)cc1. The van der Waals surface area contributed by atoms with Crippen LogP contribution >= 0.6 is 0 Å². The summed E-state index contributed by atoms with van der Waals surface area (Å²) in [4.78, 5) is 23.7. The lowest BCUT2D eigenvalue weighted by Crippen LogP contribution is -2.22. The molecule has 0 aliphatic carbocycles. The highest BCUT2D eigenvalue weighted by molar-refractivity contribution is 5.94. The van der Waals surface area contributed by atoms with Crippen molar-refractivity contribution in [2.45, 2.75) is 33.6 Å². The van der Waals surface area contributed by atoms with Gasteiger partial charge in [-0.15, -0.1) is 0 Å². The molecule has 25 heavy (non-hydrogen) atoms. The van der Waals surface area contributed by atoms with Gasteiger partial charge in [0, 0.05) is 23.5 Å². The third kappa shape index (κ3) is 5.95. The second kappa shape index (κ2) is 8.87. The van der Waals surface area contributed by atoms with Crippen LogP contribution < -0.4 is 16.0 Å². The summed E-state index contributed by atoms with van der Waals surface area (Å²) in [5.74, 6) is -0.0925. The molecule has 2 amide bonds. The molecule has 0 unspecified atom stereocenters. The second-order valence-corrected chi connectivity index (χ2v) is 6.10. The fraction of sp³-hybridized carbons (Fsp3) is 0.300. The van der Waals surface area contributed by atoms with Crippen LogP contribution in [0.15, 0.2) is 42.5 Å². The molecule has 132 valence electrons. The molecular weight excluding hydrogens is 314 g/mol. The number of carbonyl (C=O) groups excluding carboxylic acids is 2. The first kappa shape index (κ1) is 18.5. The molecule has 3 N–H and O–H groups in total. The molecule has 0 saturated carbocycles. The molecule has 0 atom stereocenters. The Hall–Kier alpha value is -2.82. The van der Waals surface area contributed by atoms with E-state index in [0.29, 0.717) is 6.42 Å². The van der Waals surface area contributed by atoms with Gasteiger partial charge >= 0.3 is 0 Å². The highest BCUT2D eigenvalue weighted by atomic mass is 16.2. The summed E-state index contributed by atoms with van der Waals surface area (Å²) in [7, 11) is 0. The molecule has 2 aromatic rings. The molecule has 2 rings (SSSR count). The number of benzene rings is 2. The Balaban J connectivity index is 1.85. The van der Waals surface area contributed by atoms with Gasteiger partial charge in [-0.3, -0.25) is 9.59 Å². The topological polar surface area (TPSA) is 70.2 Å². The van der Waals surface area contributed by atoms with Crippen molar-refractivity contribution in [3.63, 3.8) is 0 Å². The molecule has 0 spiro atoms. The first-order valence-electron chi connectivity index (χ1n) is 8.49. The van der Waals surface area contributed by atoms with Gasteiger partial charge in [0.05, 0.1) is 6.54 Å². The molecular formula is C20H25N3O2. The normalized spacial score (nSPS) is 10.2. The van der Waals surface area contributed by atoms with Crippen molar-refractivity contribution in [1.29, 1.82) is 0 Å². The number of nitrogens with one attached hydrogen (secondary N) is 3. The summed E-state index contributed by atoms with van der Waals surface area (Å²) in [6, 6.07) is 13.3. The standard InChI is InChI=1S/C20H25N3O2/c1-4-5-19(24)22-17-10-8-16(9-11-17)21-13-20(25)23-18-12-14(2)6-7-15(18)3/h6-12,21H,4-5,13H2,1-3H3,(H,22,24)(H,23,25). The molecule has 5 nitrogen and oxygen atoms in total. The number of hydrogen-bond acceptors (Lipinski definition) is 3. The number of carbonyl (C=O) groups is 2. The molecule has 0 saturated heterocycles. The quantitative estimate of drug-likeness (QED) is 0.711. The minimum atomic E-state index is -0.103. The van der Waals surface area contributed by atoms with Crippen LogP contribution in [0.3, 0.4) is 0 Å². The minimum absolute atomic E-state index is 0.0103. The van der Waals surface area contributed by atoms with E-state index in [4.69, 9.17) is 0 Å². The van der Waals surface area contributed by atoms with E-state index in [1.54, 1.807) is 0 Å². The van der Waals surface area contributed by atoms with E-state index in [0.717, 1.165) is 34.6 Å². The van der Waals surface area contributed by atoms with Crippen molar-refractivity contribution in [3.8, 4) is 0 Å². The van der Waals surface area contributed by atoms with Gasteiger partial charge < -0.3 is 16.0 Å². The Kier molecular flexibility index (Phi) is 6.57. The number of aryl methyl sites for hydroxylation is 2. The van der Waals surface area contributed by atoms with Crippen molar-refractivity contribution in [1.82, 2.24) is 0 Å². The average Bonchev–Trinajstić information content (AvgIpc) is 2.58. The fourth-order valence-electron chi connectivity index (χ4n) is 2.37. The lowest BCUT2D eigenvalue weighted by Gasteiger charge is -2.11. The Morgan fingerprint density at radius 1 is 0.880 bits per heavy atom. The summed E-state index contributed by atoms with van der Waals surface area (Å²) in [5, 5.41) is 8.83. The third-order valence-corrected chi connectivity index (χ3v) is 3.77. The van der Waals surface area contributed by atoms with E-state index < -0.39 is 0 Å². The van der Waals surface area contributed by atoms with Crippen LogP contribution in [-0.4, -0.2) is 18.4 Å². The van der Waals surface area contributed by atoms with Crippen LogP contribution in [0.5, 0.6) is 0 Å². The summed E-state index contributed by atoms with van der Waals surface area (Å²) >= 11 is 0. The van der Waals surface area contributed by atoms with Gasteiger partial charge in [0.15, 0.2) is 0 Å². The lowest BCUT2D eigenvalue weighted by molar-refractivity contribution is -0.116. The van der Waals surface area contributed by atoms with Crippen LogP contribution in [0.4, 0.5) is 17.1 Å². The van der Waals surface area contributed by atoms with Gasteiger partial charge in [-0.25, -0.2) is 0 Å². The van der Waals surface area contributed by atoms with E-state index in [-0.39, 0.29) is 18.4 Å². The lowest BCUT2D eigenvalue weighted by atomic mass is 10.1. The van der Waals surface area contributed by atoms with Crippen LogP contribution in [0.1, 0.15) is 30.9 Å². The zero-order valence-corrected chi connectivity index (χ0v) is 15.0. The van der Waals surface area contributed by atoms with Gasteiger partial charge in [-0.05, 0) is 61.7 Å². The first-order valence-corrected chi connectivity index (χ1v) is 8.49. The second-order valence-electron chi connectivity index (χ2n) is 6.10. The molecule has 0 aliphatic heterocycles. The number of hydrogen-bond donors (Lipinski definition) is 3. The third-order valence-electron chi connectivity index (χ3n) is 3.77. The summed E-state index contributed by atoms with van der Waals surface area (Å²) < 4.78 is 0. The highest BCUT2D eigenvalue weighted by Gasteiger charge is 2.05. The van der Waals surface area contributed by atoms with Gasteiger partial charge in [-0.1, -0.05) is 19.1 Å². The van der Waals surface area contributed by atoms with E-state index >= 15 is 0 Å².